The summed E-state index contributed by atoms with van der Waals surface area (Å²) in [6.45, 7) is 2.35. The Morgan fingerprint density at radius 1 is 1.30 bits per heavy atom. The normalized spacial score (nSPS) is 48.0. The van der Waals surface area contributed by atoms with Gasteiger partial charge in [-0.3, -0.25) is 0 Å². The van der Waals surface area contributed by atoms with E-state index in [-0.39, 0.29) is 6.10 Å². The molecule has 2 aliphatic carbocycles. The monoisotopic (exact) mass is 140 g/mol. The van der Waals surface area contributed by atoms with Crippen LogP contribution in [0.2, 0.25) is 0 Å². The van der Waals surface area contributed by atoms with Crippen LogP contribution in [-0.4, -0.2) is 11.2 Å². The Morgan fingerprint density at radius 3 is 2.40 bits per heavy atom. The van der Waals surface area contributed by atoms with Crippen molar-refractivity contribution >= 4 is 0 Å². The second kappa shape index (κ2) is 1.97. The average molecular weight is 140 g/mol. The summed E-state index contributed by atoms with van der Waals surface area (Å²) in [5.41, 5.74) is 0.527. The zero-order chi connectivity index (χ0) is 7.19. The molecule has 2 unspecified atom stereocenters. The molecular weight excluding hydrogens is 124 g/mol. The van der Waals surface area contributed by atoms with Gasteiger partial charge >= 0.3 is 0 Å². The highest BCUT2D eigenvalue weighted by Gasteiger charge is 2.45. The van der Waals surface area contributed by atoms with Crippen molar-refractivity contribution < 1.29 is 5.11 Å². The zero-order valence-corrected chi connectivity index (χ0v) is 6.64. The van der Waals surface area contributed by atoms with E-state index in [1.54, 1.807) is 0 Å². The molecule has 1 N–H and O–H groups in total. The number of rotatable bonds is 1. The molecule has 2 fully saturated rings. The summed E-state index contributed by atoms with van der Waals surface area (Å²) in [6, 6.07) is 0. The lowest BCUT2D eigenvalue weighted by Crippen LogP contribution is -2.15. The SMILES string of the molecule is CC1(C2CC2)CCC(O)C1. The second-order valence-electron chi connectivity index (χ2n) is 4.32. The highest BCUT2D eigenvalue weighted by Crippen LogP contribution is 2.54. The van der Waals surface area contributed by atoms with Gasteiger partial charge < -0.3 is 5.11 Å². The van der Waals surface area contributed by atoms with Gasteiger partial charge in [0.1, 0.15) is 0 Å². The van der Waals surface area contributed by atoms with Gasteiger partial charge in [0.25, 0.3) is 0 Å². The first-order valence-electron chi connectivity index (χ1n) is 4.39. The molecule has 0 aromatic heterocycles. The van der Waals surface area contributed by atoms with Gasteiger partial charge in [0, 0.05) is 0 Å². The number of aliphatic hydroxyl groups excluding tert-OH is 1. The molecule has 58 valence electrons. The van der Waals surface area contributed by atoms with E-state index in [4.69, 9.17) is 0 Å². The second-order valence-corrected chi connectivity index (χ2v) is 4.32. The minimum Gasteiger partial charge on any atom is -0.393 e. The van der Waals surface area contributed by atoms with E-state index in [1.807, 2.05) is 0 Å². The molecule has 1 nitrogen and oxygen atoms in total. The molecule has 2 rings (SSSR count). The summed E-state index contributed by atoms with van der Waals surface area (Å²) in [4.78, 5) is 0. The van der Waals surface area contributed by atoms with Gasteiger partial charge in [0.15, 0.2) is 0 Å². The lowest BCUT2D eigenvalue weighted by Gasteiger charge is -2.22. The summed E-state index contributed by atoms with van der Waals surface area (Å²) in [7, 11) is 0. The van der Waals surface area contributed by atoms with E-state index in [0.29, 0.717) is 5.41 Å². The highest BCUT2D eigenvalue weighted by atomic mass is 16.3. The Balaban J connectivity index is 2.01. The van der Waals surface area contributed by atoms with E-state index in [0.717, 1.165) is 18.8 Å². The molecule has 2 aliphatic rings. The third kappa shape index (κ3) is 0.968. The summed E-state index contributed by atoms with van der Waals surface area (Å²) >= 11 is 0. The average Bonchev–Trinajstić information content (AvgIpc) is 2.62. The highest BCUT2D eigenvalue weighted by molar-refractivity contribution is 4.96. The summed E-state index contributed by atoms with van der Waals surface area (Å²) in [6.07, 6.45) is 6.24. The fraction of sp³-hybridized carbons (Fsp3) is 1.00. The minimum absolute atomic E-state index is 0.0191. The lowest BCUT2D eigenvalue weighted by molar-refractivity contribution is 0.156. The van der Waals surface area contributed by atoms with Crippen LogP contribution >= 0.6 is 0 Å². The Kier molecular flexibility index (Phi) is 1.31. The molecule has 0 aromatic carbocycles. The van der Waals surface area contributed by atoms with Crippen LogP contribution in [0.15, 0.2) is 0 Å². The van der Waals surface area contributed by atoms with Crippen molar-refractivity contribution in [3.8, 4) is 0 Å². The Morgan fingerprint density at radius 2 is 2.00 bits per heavy atom. The van der Waals surface area contributed by atoms with Gasteiger partial charge in [-0.05, 0) is 43.4 Å². The van der Waals surface area contributed by atoms with Gasteiger partial charge in [-0.2, -0.15) is 0 Å². The van der Waals surface area contributed by atoms with Crippen LogP contribution in [0, 0.1) is 11.3 Å². The van der Waals surface area contributed by atoms with Crippen LogP contribution in [0.1, 0.15) is 39.0 Å². The van der Waals surface area contributed by atoms with E-state index in [2.05, 4.69) is 6.92 Å². The van der Waals surface area contributed by atoms with Crippen molar-refractivity contribution in [2.24, 2.45) is 11.3 Å². The summed E-state index contributed by atoms with van der Waals surface area (Å²) in [5, 5.41) is 9.34. The molecule has 0 spiro atoms. The molecule has 2 atom stereocenters. The standard InChI is InChI=1S/C9H16O/c1-9(7-2-3-7)5-4-8(10)6-9/h7-8,10H,2-6H2,1H3. The third-order valence-corrected chi connectivity index (χ3v) is 3.31. The first-order chi connectivity index (χ1) is 4.71. The smallest absolute Gasteiger partial charge is 0.0545 e. The molecule has 0 heterocycles. The van der Waals surface area contributed by atoms with Crippen LogP contribution in [-0.2, 0) is 0 Å². The number of aliphatic hydroxyl groups is 1. The molecule has 10 heavy (non-hydrogen) atoms. The Labute approximate surface area is 62.4 Å². The fourth-order valence-electron chi connectivity index (χ4n) is 2.39. The maximum atomic E-state index is 9.34. The largest absolute Gasteiger partial charge is 0.393 e. The van der Waals surface area contributed by atoms with Crippen LogP contribution in [0.5, 0.6) is 0 Å². The van der Waals surface area contributed by atoms with Crippen molar-refractivity contribution in [1.29, 1.82) is 0 Å². The molecule has 1 heteroatoms. The van der Waals surface area contributed by atoms with Gasteiger partial charge in [-0.25, -0.2) is 0 Å². The van der Waals surface area contributed by atoms with Crippen molar-refractivity contribution in [2.45, 2.75) is 45.1 Å². The van der Waals surface area contributed by atoms with Crippen molar-refractivity contribution in [1.82, 2.24) is 0 Å². The molecule has 0 bridgehead atoms. The summed E-state index contributed by atoms with van der Waals surface area (Å²) < 4.78 is 0. The van der Waals surface area contributed by atoms with Crippen molar-refractivity contribution in [3.05, 3.63) is 0 Å². The van der Waals surface area contributed by atoms with E-state index in [1.165, 1.54) is 19.3 Å². The molecule has 0 saturated heterocycles. The topological polar surface area (TPSA) is 20.2 Å². The molecule has 0 radical (unpaired) electrons. The molecule has 0 aromatic rings. The van der Waals surface area contributed by atoms with Gasteiger partial charge in [-0.1, -0.05) is 6.92 Å². The van der Waals surface area contributed by atoms with Crippen molar-refractivity contribution in [2.75, 3.05) is 0 Å². The number of hydrogen-bond donors (Lipinski definition) is 1. The minimum atomic E-state index is 0.0191. The van der Waals surface area contributed by atoms with Crippen LogP contribution in [0.25, 0.3) is 0 Å². The van der Waals surface area contributed by atoms with Gasteiger partial charge in [0.05, 0.1) is 6.10 Å². The van der Waals surface area contributed by atoms with E-state index in [9.17, 15) is 5.11 Å². The predicted molar refractivity (Wildman–Crippen MR) is 40.7 cm³/mol. The number of hydrogen-bond acceptors (Lipinski definition) is 1. The van der Waals surface area contributed by atoms with Crippen LogP contribution < -0.4 is 0 Å². The summed E-state index contributed by atoms with van der Waals surface area (Å²) in [5.74, 6) is 0.963. The molecule has 0 amide bonds. The maximum Gasteiger partial charge on any atom is 0.0545 e. The maximum absolute atomic E-state index is 9.34. The third-order valence-electron chi connectivity index (χ3n) is 3.31. The fourth-order valence-corrected chi connectivity index (χ4v) is 2.39. The quantitative estimate of drug-likeness (QED) is 0.590. The molecule has 0 aliphatic heterocycles. The molecular formula is C9H16O. The predicted octanol–water partition coefficient (Wildman–Crippen LogP) is 1.95. The lowest BCUT2D eigenvalue weighted by atomic mass is 9.83. The first kappa shape index (κ1) is 6.66. The Hall–Kier alpha value is -0.0400. The van der Waals surface area contributed by atoms with E-state index < -0.39 is 0 Å². The van der Waals surface area contributed by atoms with E-state index >= 15 is 0 Å². The Bertz CT molecular complexity index is 140. The molecule has 2 saturated carbocycles. The zero-order valence-electron chi connectivity index (χ0n) is 6.64. The van der Waals surface area contributed by atoms with Gasteiger partial charge in [0.2, 0.25) is 0 Å². The van der Waals surface area contributed by atoms with Crippen LogP contribution in [0.3, 0.4) is 0 Å². The van der Waals surface area contributed by atoms with Crippen LogP contribution in [0.4, 0.5) is 0 Å². The first-order valence-corrected chi connectivity index (χ1v) is 4.39. The van der Waals surface area contributed by atoms with Crippen molar-refractivity contribution in [3.63, 3.8) is 0 Å². The van der Waals surface area contributed by atoms with Gasteiger partial charge in [-0.15, -0.1) is 0 Å².